The zero-order valence-electron chi connectivity index (χ0n) is 11.1. The Morgan fingerprint density at radius 1 is 1.53 bits per heavy atom. The average molecular weight is 284 g/mol. The summed E-state index contributed by atoms with van der Waals surface area (Å²) in [4.78, 5) is 8.28. The van der Waals surface area contributed by atoms with Crippen molar-refractivity contribution >= 4 is 23.2 Å². The summed E-state index contributed by atoms with van der Waals surface area (Å²) < 4.78 is 1.63. The van der Waals surface area contributed by atoms with E-state index in [1.54, 1.807) is 4.52 Å². The predicted octanol–water partition coefficient (Wildman–Crippen LogP) is 1.91. The Labute approximate surface area is 116 Å². The smallest absolute Gasteiger partial charge is 0.255 e. The first-order valence-corrected chi connectivity index (χ1v) is 6.80. The van der Waals surface area contributed by atoms with E-state index in [1.807, 2.05) is 6.92 Å². The summed E-state index contributed by atoms with van der Waals surface area (Å²) in [6, 6.07) is -0.0914. The number of hydrogen-bond donors (Lipinski definition) is 2. The van der Waals surface area contributed by atoms with Crippen molar-refractivity contribution in [2.24, 2.45) is 0 Å². The number of aliphatic hydroxyl groups is 1. The van der Waals surface area contributed by atoms with Gasteiger partial charge in [-0.2, -0.15) is 19.6 Å². The molecule has 0 saturated carbocycles. The Hall–Kier alpha value is -1.40. The van der Waals surface area contributed by atoms with Crippen LogP contribution in [0.3, 0.4) is 0 Å². The normalized spacial score (nSPS) is 12.8. The van der Waals surface area contributed by atoms with Crippen LogP contribution in [-0.2, 0) is 6.42 Å². The topological polar surface area (TPSA) is 75.3 Å². The number of halogens is 1. The number of unbranched alkanes of at least 4 members (excludes halogenated alkanes) is 1. The zero-order chi connectivity index (χ0) is 13.8. The minimum absolute atomic E-state index is 0.0311. The minimum Gasteiger partial charge on any atom is -0.394 e. The van der Waals surface area contributed by atoms with Crippen molar-refractivity contribution in [2.45, 2.75) is 39.2 Å². The lowest BCUT2D eigenvalue weighted by Gasteiger charge is -2.17. The van der Waals surface area contributed by atoms with Crippen molar-refractivity contribution in [1.82, 2.24) is 19.6 Å². The molecule has 0 saturated heterocycles. The van der Waals surface area contributed by atoms with Crippen molar-refractivity contribution in [3.05, 3.63) is 17.0 Å². The maximum atomic E-state index is 9.20. The van der Waals surface area contributed by atoms with Gasteiger partial charge < -0.3 is 10.4 Å². The highest BCUT2D eigenvalue weighted by Gasteiger charge is 2.16. The summed E-state index contributed by atoms with van der Waals surface area (Å²) >= 11 is 6.23. The summed E-state index contributed by atoms with van der Waals surface area (Å²) in [5.41, 5.74) is 0.918. The summed E-state index contributed by atoms with van der Waals surface area (Å²) in [6.45, 7) is 4.04. The summed E-state index contributed by atoms with van der Waals surface area (Å²) in [5, 5.41) is 17.0. The number of fused-ring (bicyclic) bond motifs is 1. The third-order valence-electron chi connectivity index (χ3n) is 2.91. The Morgan fingerprint density at radius 2 is 2.32 bits per heavy atom. The molecule has 0 bridgehead atoms. The summed E-state index contributed by atoms with van der Waals surface area (Å²) in [5.74, 6) is 1.22. The van der Waals surface area contributed by atoms with Gasteiger partial charge in [0, 0.05) is 11.6 Å². The van der Waals surface area contributed by atoms with E-state index in [-0.39, 0.29) is 12.6 Å². The number of anilines is 1. The zero-order valence-corrected chi connectivity index (χ0v) is 11.9. The Morgan fingerprint density at radius 3 is 3.00 bits per heavy atom. The second kappa shape index (κ2) is 6.16. The third kappa shape index (κ3) is 2.96. The quantitative estimate of drug-likeness (QED) is 0.792. The van der Waals surface area contributed by atoms with Crippen LogP contribution in [0.2, 0.25) is 5.15 Å². The van der Waals surface area contributed by atoms with Gasteiger partial charge in [0.15, 0.2) is 0 Å². The molecule has 0 aliphatic heterocycles. The van der Waals surface area contributed by atoms with Gasteiger partial charge in [0.05, 0.1) is 6.61 Å². The standard InChI is InChI=1S/C12H18ClN5O/c1-3-4-5-9-10(13)17-12-14-7-15-18(12)11(9)16-8(2)6-19/h7-8,16,19H,3-6H2,1-2H3. The van der Waals surface area contributed by atoms with E-state index >= 15 is 0 Å². The van der Waals surface area contributed by atoms with Gasteiger partial charge >= 0.3 is 0 Å². The third-order valence-corrected chi connectivity index (χ3v) is 3.22. The fourth-order valence-corrected chi connectivity index (χ4v) is 2.11. The van der Waals surface area contributed by atoms with Crippen LogP contribution in [-0.4, -0.2) is 37.3 Å². The van der Waals surface area contributed by atoms with Gasteiger partial charge in [-0.05, 0) is 19.8 Å². The molecule has 6 nitrogen and oxygen atoms in total. The molecule has 0 aromatic carbocycles. The van der Waals surface area contributed by atoms with Crippen molar-refractivity contribution in [3.63, 3.8) is 0 Å². The van der Waals surface area contributed by atoms with E-state index in [9.17, 15) is 5.11 Å². The fraction of sp³-hybridized carbons (Fsp3) is 0.583. The highest BCUT2D eigenvalue weighted by atomic mass is 35.5. The van der Waals surface area contributed by atoms with Gasteiger partial charge in [-0.1, -0.05) is 24.9 Å². The first kappa shape index (κ1) is 14.0. The van der Waals surface area contributed by atoms with Crippen LogP contribution in [0.1, 0.15) is 32.3 Å². The number of aliphatic hydroxyl groups excluding tert-OH is 1. The Bertz CT molecular complexity index is 556. The van der Waals surface area contributed by atoms with Crippen LogP contribution in [0, 0.1) is 0 Å². The van der Waals surface area contributed by atoms with Gasteiger partial charge in [-0.15, -0.1) is 0 Å². The number of rotatable bonds is 6. The summed E-state index contributed by atoms with van der Waals surface area (Å²) in [6.07, 6.45) is 4.35. The lowest BCUT2D eigenvalue weighted by Crippen LogP contribution is -2.23. The van der Waals surface area contributed by atoms with Crippen molar-refractivity contribution in [2.75, 3.05) is 11.9 Å². The number of nitrogens with zero attached hydrogens (tertiary/aromatic N) is 4. The van der Waals surface area contributed by atoms with E-state index in [1.165, 1.54) is 6.33 Å². The van der Waals surface area contributed by atoms with Crippen molar-refractivity contribution in [1.29, 1.82) is 0 Å². The fourth-order valence-electron chi connectivity index (χ4n) is 1.85. The average Bonchev–Trinajstić information content (AvgIpc) is 2.85. The molecule has 1 atom stereocenters. The molecule has 0 aliphatic carbocycles. The van der Waals surface area contributed by atoms with E-state index in [0.717, 1.165) is 30.6 Å². The molecule has 0 spiro atoms. The molecule has 0 radical (unpaired) electrons. The maximum absolute atomic E-state index is 9.20. The summed E-state index contributed by atoms with van der Waals surface area (Å²) in [7, 11) is 0. The van der Waals surface area contributed by atoms with Gasteiger partial charge in [0.25, 0.3) is 5.78 Å². The molecule has 2 N–H and O–H groups in total. The molecule has 104 valence electrons. The Balaban J connectivity index is 2.48. The molecular weight excluding hydrogens is 266 g/mol. The molecule has 7 heteroatoms. The molecule has 0 amide bonds. The van der Waals surface area contributed by atoms with E-state index in [2.05, 4.69) is 27.3 Å². The SMILES string of the molecule is CCCCc1c(Cl)nc2ncnn2c1NC(C)CO. The second-order valence-corrected chi connectivity index (χ2v) is 4.89. The molecule has 2 heterocycles. The first-order chi connectivity index (χ1) is 9.17. The molecule has 2 rings (SSSR count). The highest BCUT2D eigenvalue weighted by molar-refractivity contribution is 6.30. The highest BCUT2D eigenvalue weighted by Crippen LogP contribution is 2.25. The first-order valence-electron chi connectivity index (χ1n) is 6.42. The lowest BCUT2D eigenvalue weighted by atomic mass is 10.1. The largest absolute Gasteiger partial charge is 0.394 e. The molecule has 19 heavy (non-hydrogen) atoms. The molecule has 0 fully saturated rings. The van der Waals surface area contributed by atoms with Crippen LogP contribution in [0.5, 0.6) is 0 Å². The Kier molecular flexibility index (Phi) is 4.55. The van der Waals surface area contributed by atoms with Crippen LogP contribution in [0.15, 0.2) is 6.33 Å². The van der Waals surface area contributed by atoms with E-state index in [4.69, 9.17) is 11.6 Å². The van der Waals surface area contributed by atoms with Crippen LogP contribution >= 0.6 is 11.6 Å². The number of hydrogen-bond acceptors (Lipinski definition) is 5. The second-order valence-electron chi connectivity index (χ2n) is 4.53. The van der Waals surface area contributed by atoms with E-state index < -0.39 is 0 Å². The van der Waals surface area contributed by atoms with E-state index in [0.29, 0.717) is 10.9 Å². The van der Waals surface area contributed by atoms with Crippen LogP contribution in [0.25, 0.3) is 5.78 Å². The van der Waals surface area contributed by atoms with Crippen LogP contribution < -0.4 is 5.32 Å². The molecule has 2 aromatic rings. The van der Waals surface area contributed by atoms with Gasteiger partial charge in [0.1, 0.15) is 17.3 Å². The van der Waals surface area contributed by atoms with Gasteiger partial charge in [0.2, 0.25) is 0 Å². The van der Waals surface area contributed by atoms with Crippen LogP contribution in [0.4, 0.5) is 5.82 Å². The molecule has 1 unspecified atom stereocenters. The monoisotopic (exact) mass is 283 g/mol. The maximum Gasteiger partial charge on any atom is 0.255 e. The molecule has 0 aliphatic rings. The minimum atomic E-state index is -0.0914. The molecule has 2 aromatic heterocycles. The van der Waals surface area contributed by atoms with Gasteiger partial charge in [-0.3, -0.25) is 0 Å². The van der Waals surface area contributed by atoms with Gasteiger partial charge in [-0.25, -0.2) is 0 Å². The van der Waals surface area contributed by atoms with Crippen molar-refractivity contribution in [3.8, 4) is 0 Å². The number of nitrogens with one attached hydrogen (secondary N) is 1. The molecular formula is C12H18ClN5O. The van der Waals surface area contributed by atoms with Crippen molar-refractivity contribution < 1.29 is 5.11 Å². The predicted molar refractivity (Wildman–Crippen MR) is 74.6 cm³/mol. The lowest BCUT2D eigenvalue weighted by molar-refractivity contribution is 0.281. The number of aromatic nitrogens is 4.